The zero-order valence-electron chi connectivity index (χ0n) is 18.0. The van der Waals surface area contributed by atoms with Crippen LogP contribution in [-0.4, -0.2) is 30.8 Å². The lowest BCUT2D eigenvalue weighted by atomic mass is 9.99. The number of ether oxygens (including phenoxy) is 2. The smallest absolute Gasteiger partial charge is 0.326 e. The van der Waals surface area contributed by atoms with Crippen LogP contribution in [0.4, 0.5) is 0 Å². The van der Waals surface area contributed by atoms with Gasteiger partial charge in [-0.15, -0.1) is 0 Å². The Morgan fingerprint density at radius 3 is 2.19 bits per heavy atom. The summed E-state index contributed by atoms with van der Waals surface area (Å²) in [6.07, 6.45) is -1.11. The summed E-state index contributed by atoms with van der Waals surface area (Å²) in [5.41, 5.74) is 2.92. The molecule has 1 N–H and O–H groups in total. The number of nitrogens with one attached hydrogen (secondary N) is 1. The maximum Gasteiger partial charge on any atom is 0.326 e. The van der Waals surface area contributed by atoms with Crippen molar-refractivity contribution in [3.8, 4) is 5.75 Å². The Hall–Kier alpha value is -3.93. The number of aryl methyl sites for hydroxylation is 2. The molecule has 0 spiro atoms. The van der Waals surface area contributed by atoms with E-state index in [4.69, 9.17) is 9.47 Å². The normalized spacial score (nSPS) is 11.3. The van der Waals surface area contributed by atoms with Crippen LogP contribution >= 0.6 is 0 Å². The molecule has 3 aromatic rings. The minimum atomic E-state index is -1.11. The summed E-state index contributed by atoms with van der Waals surface area (Å²) < 4.78 is 10.9. The Balaban J connectivity index is 1.60. The van der Waals surface area contributed by atoms with Crippen LogP contribution < -0.4 is 10.1 Å². The molecule has 0 aliphatic heterocycles. The molecule has 0 saturated carbocycles. The fraction of sp³-hybridized carbons (Fsp3) is 0.192. The van der Waals surface area contributed by atoms with Crippen molar-refractivity contribution >= 4 is 17.7 Å². The predicted octanol–water partition coefficient (Wildman–Crippen LogP) is 3.97. The van der Waals surface area contributed by atoms with Gasteiger partial charge in [-0.25, -0.2) is 0 Å². The lowest BCUT2D eigenvalue weighted by Gasteiger charge is -2.18. The van der Waals surface area contributed by atoms with E-state index in [1.807, 2.05) is 50.2 Å². The number of Topliss-reactive ketones (excluding diaryl/α,β-unsaturated/α-hetero) is 1. The molecule has 6 nitrogen and oxygen atoms in total. The molecule has 0 fully saturated rings. The van der Waals surface area contributed by atoms with Gasteiger partial charge in [-0.1, -0.05) is 78.4 Å². The van der Waals surface area contributed by atoms with E-state index >= 15 is 0 Å². The molecular weight excluding hydrogens is 406 g/mol. The molecule has 1 atom stereocenters. The second-order valence-corrected chi connectivity index (χ2v) is 7.34. The van der Waals surface area contributed by atoms with E-state index in [-0.39, 0.29) is 18.9 Å². The number of esters is 1. The van der Waals surface area contributed by atoms with Crippen LogP contribution in [0.15, 0.2) is 78.9 Å². The molecule has 164 valence electrons. The molecule has 1 amide bonds. The second kappa shape index (κ2) is 10.9. The summed E-state index contributed by atoms with van der Waals surface area (Å²) in [5, 5.41) is 2.47. The number of para-hydroxylation sites is 1. The van der Waals surface area contributed by atoms with E-state index in [0.29, 0.717) is 16.9 Å². The Bertz CT molecular complexity index is 1080. The first kappa shape index (κ1) is 22.7. The molecule has 0 aliphatic carbocycles. The Morgan fingerprint density at radius 1 is 0.844 bits per heavy atom. The van der Waals surface area contributed by atoms with Crippen molar-refractivity contribution in [1.82, 2.24) is 5.32 Å². The molecule has 3 rings (SSSR count). The van der Waals surface area contributed by atoms with E-state index in [1.165, 1.54) is 0 Å². The highest BCUT2D eigenvalue weighted by Gasteiger charge is 2.26. The summed E-state index contributed by atoms with van der Waals surface area (Å²) in [5.74, 6) is -0.924. The SMILES string of the molecule is Cc1ccc(C(=O)[C@H](OC(=O)CNC(=O)COc2ccccc2C)c2ccccc2)cc1. The summed E-state index contributed by atoms with van der Waals surface area (Å²) >= 11 is 0. The molecular formula is C26H25NO5. The fourth-order valence-electron chi connectivity index (χ4n) is 3.03. The summed E-state index contributed by atoms with van der Waals surface area (Å²) in [7, 11) is 0. The number of carbonyl (C=O) groups is 3. The highest BCUT2D eigenvalue weighted by atomic mass is 16.5. The van der Waals surface area contributed by atoms with Crippen molar-refractivity contribution in [1.29, 1.82) is 0 Å². The third-order valence-corrected chi connectivity index (χ3v) is 4.81. The molecule has 6 heteroatoms. The molecule has 3 aromatic carbocycles. The van der Waals surface area contributed by atoms with Gasteiger partial charge in [0, 0.05) is 11.1 Å². The number of amides is 1. The first-order valence-corrected chi connectivity index (χ1v) is 10.2. The molecule has 0 saturated heterocycles. The van der Waals surface area contributed by atoms with Gasteiger partial charge in [-0.3, -0.25) is 14.4 Å². The number of benzene rings is 3. The molecule has 0 heterocycles. The number of hydrogen-bond acceptors (Lipinski definition) is 5. The van der Waals surface area contributed by atoms with Gasteiger partial charge >= 0.3 is 5.97 Å². The first-order valence-electron chi connectivity index (χ1n) is 10.2. The molecule has 0 bridgehead atoms. The zero-order chi connectivity index (χ0) is 22.9. The lowest BCUT2D eigenvalue weighted by molar-refractivity contribution is -0.147. The number of ketones is 1. The van der Waals surface area contributed by atoms with Crippen LogP contribution in [0.3, 0.4) is 0 Å². The van der Waals surface area contributed by atoms with E-state index in [2.05, 4.69) is 5.32 Å². The van der Waals surface area contributed by atoms with Gasteiger partial charge in [-0.2, -0.15) is 0 Å². The summed E-state index contributed by atoms with van der Waals surface area (Å²) in [4.78, 5) is 37.5. The average Bonchev–Trinajstić information content (AvgIpc) is 2.81. The lowest BCUT2D eigenvalue weighted by Crippen LogP contribution is -2.35. The van der Waals surface area contributed by atoms with Crippen LogP contribution in [0.5, 0.6) is 5.75 Å². The van der Waals surface area contributed by atoms with Crippen LogP contribution in [0.1, 0.15) is 33.2 Å². The number of carbonyl (C=O) groups excluding carboxylic acids is 3. The van der Waals surface area contributed by atoms with E-state index < -0.39 is 18.0 Å². The quantitative estimate of drug-likeness (QED) is 0.410. The van der Waals surface area contributed by atoms with Crippen molar-refractivity contribution in [3.63, 3.8) is 0 Å². The van der Waals surface area contributed by atoms with Crippen molar-refractivity contribution < 1.29 is 23.9 Å². The zero-order valence-corrected chi connectivity index (χ0v) is 18.0. The minimum Gasteiger partial charge on any atom is -0.484 e. The maximum atomic E-state index is 13.0. The van der Waals surface area contributed by atoms with Gasteiger partial charge in [0.15, 0.2) is 12.7 Å². The fourth-order valence-corrected chi connectivity index (χ4v) is 3.03. The molecule has 32 heavy (non-hydrogen) atoms. The Kier molecular flexibility index (Phi) is 7.75. The van der Waals surface area contributed by atoms with Gasteiger partial charge in [0.05, 0.1) is 0 Å². The van der Waals surface area contributed by atoms with E-state index in [9.17, 15) is 14.4 Å². The highest BCUT2D eigenvalue weighted by molar-refractivity contribution is 6.01. The Morgan fingerprint density at radius 2 is 1.50 bits per heavy atom. The van der Waals surface area contributed by atoms with Crippen LogP contribution in [-0.2, 0) is 14.3 Å². The summed E-state index contributed by atoms with van der Waals surface area (Å²) in [6.45, 7) is 3.19. The predicted molar refractivity (Wildman–Crippen MR) is 120 cm³/mol. The van der Waals surface area contributed by atoms with Crippen LogP contribution in [0.2, 0.25) is 0 Å². The standard InChI is InChI=1S/C26H25NO5/c1-18-12-14-20(15-13-18)25(30)26(21-9-4-3-5-10-21)32-24(29)16-27-23(28)17-31-22-11-7-6-8-19(22)2/h3-15,26H,16-17H2,1-2H3,(H,27,28)/t26-/m1/s1. The molecule has 0 unspecified atom stereocenters. The van der Waals surface area contributed by atoms with Gasteiger partial charge < -0.3 is 14.8 Å². The van der Waals surface area contributed by atoms with Crippen molar-refractivity contribution in [3.05, 3.63) is 101 Å². The summed E-state index contributed by atoms with van der Waals surface area (Å²) in [6, 6.07) is 23.2. The molecule has 0 radical (unpaired) electrons. The van der Waals surface area contributed by atoms with E-state index in [1.54, 1.807) is 42.5 Å². The topological polar surface area (TPSA) is 81.7 Å². The van der Waals surface area contributed by atoms with E-state index in [0.717, 1.165) is 11.1 Å². The number of hydrogen-bond donors (Lipinski definition) is 1. The van der Waals surface area contributed by atoms with Crippen molar-refractivity contribution in [2.45, 2.75) is 20.0 Å². The monoisotopic (exact) mass is 431 g/mol. The number of rotatable bonds is 9. The Labute approximate surface area is 187 Å². The van der Waals surface area contributed by atoms with Crippen LogP contribution in [0, 0.1) is 13.8 Å². The maximum absolute atomic E-state index is 13.0. The molecule has 0 aromatic heterocycles. The van der Waals surface area contributed by atoms with Gasteiger partial charge in [0.1, 0.15) is 12.3 Å². The van der Waals surface area contributed by atoms with Gasteiger partial charge in [0.25, 0.3) is 5.91 Å². The third kappa shape index (κ3) is 6.28. The largest absolute Gasteiger partial charge is 0.484 e. The van der Waals surface area contributed by atoms with Crippen LogP contribution in [0.25, 0.3) is 0 Å². The van der Waals surface area contributed by atoms with Crippen molar-refractivity contribution in [2.75, 3.05) is 13.2 Å². The third-order valence-electron chi connectivity index (χ3n) is 4.81. The molecule has 0 aliphatic rings. The average molecular weight is 431 g/mol. The highest BCUT2D eigenvalue weighted by Crippen LogP contribution is 2.23. The first-order chi connectivity index (χ1) is 15.4. The van der Waals surface area contributed by atoms with Crippen molar-refractivity contribution in [2.24, 2.45) is 0 Å². The second-order valence-electron chi connectivity index (χ2n) is 7.34. The van der Waals surface area contributed by atoms with Gasteiger partial charge in [0.2, 0.25) is 5.78 Å². The minimum absolute atomic E-state index is 0.234. The van der Waals surface area contributed by atoms with Gasteiger partial charge in [-0.05, 0) is 25.5 Å².